The van der Waals surface area contributed by atoms with Crippen LogP contribution in [0.2, 0.25) is 0 Å². The first-order valence-corrected chi connectivity index (χ1v) is 12.2. The van der Waals surface area contributed by atoms with Crippen LogP contribution < -0.4 is 20.5 Å². The largest absolute Gasteiger partial charge is 0.497 e. The Morgan fingerprint density at radius 2 is 2.03 bits per heavy atom. The highest BCUT2D eigenvalue weighted by molar-refractivity contribution is 7.17. The molecule has 1 N–H and O–H groups in total. The molecule has 168 valence electrons. The lowest BCUT2D eigenvalue weighted by Gasteiger charge is -2.34. The maximum atomic E-state index is 13.5. The number of rotatable bonds is 5. The van der Waals surface area contributed by atoms with Crippen molar-refractivity contribution in [1.29, 1.82) is 0 Å². The van der Waals surface area contributed by atoms with Crippen LogP contribution in [0.5, 0.6) is 5.75 Å². The van der Waals surface area contributed by atoms with E-state index >= 15 is 0 Å². The van der Waals surface area contributed by atoms with Crippen LogP contribution in [0, 0.1) is 5.92 Å². The number of ether oxygens (including phenoxy) is 1. The summed E-state index contributed by atoms with van der Waals surface area (Å²) in [7, 11) is 1.61. The lowest BCUT2D eigenvalue weighted by molar-refractivity contribution is -0.125. The first-order valence-electron chi connectivity index (χ1n) is 11.3. The molecule has 1 aromatic carbocycles. The summed E-state index contributed by atoms with van der Waals surface area (Å²) in [6, 6.07) is 9.66. The van der Waals surface area contributed by atoms with E-state index in [1.807, 2.05) is 35.7 Å². The van der Waals surface area contributed by atoms with Gasteiger partial charge in [0, 0.05) is 25.2 Å². The van der Waals surface area contributed by atoms with Gasteiger partial charge in [-0.15, -0.1) is 11.3 Å². The first-order chi connectivity index (χ1) is 15.6. The van der Waals surface area contributed by atoms with Gasteiger partial charge in [-0.3, -0.25) is 9.59 Å². The van der Waals surface area contributed by atoms with E-state index in [1.54, 1.807) is 11.7 Å². The third-order valence-corrected chi connectivity index (χ3v) is 7.44. The van der Waals surface area contributed by atoms with Crippen molar-refractivity contribution in [3.8, 4) is 11.4 Å². The topological polar surface area (TPSA) is 76.5 Å². The van der Waals surface area contributed by atoms with Crippen molar-refractivity contribution in [2.75, 3.05) is 25.1 Å². The number of nitrogens with zero attached hydrogens (tertiary/aromatic N) is 3. The highest BCUT2D eigenvalue weighted by Gasteiger charge is 2.30. The number of amides is 1. The Labute approximate surface area is 191 Å². The van der Waals surface area contributed by atoms with Gasteiger partial charge < -0.3 is 15.0 Å². The molecule has 5 rings (SSSR count). The Bertz CT molecular complexity index is 1180. The van der Waals surface area contributed by atoms with Gasteiger partial charge in [-0.2, -0.15) is 0 Å². The average Bonchev–Trinajstić information content (AvgIpc) is 3.51. The number of methoxy groups -OCH3 is 1. The molecule has 1 amide bonds. The molecule has 1 atom stereocenters. The minimum atomic E-state index is -0.0989. The van der Waals surface area contributed by atoms with Gasteiger partial charge in [0.25, 0.3) is 5.56 Å². The summed E-state index contributed by atoms with van der Waals surface area (Å²) >= 11 is 1.40. The van der Waals surface area contributed by atoms with E-state index in [0.29, 0.717) is 40.2 Å². The molecule has 1 saturated carbocycles. The van der Waals surface area contributed by atoms with Gasteiger partial charge in [0.1, 0.15) is 10.4 Å². The van der Waals surface area contributed by atoms with Crippen LogP contribution >= 0.6 is 11.3 Å². The van der Waals surface area contributed by atoms with Crippen LogP contribution in [0.15, 0.2) is 40.5 Å². The van der Waals surface area contributed by atoms with Gasteiger partial charge >= 0.3 is 0 Å². The lowest BCUT2D eigenvalue weighted by atomic mass is 9.97. The Hall–Kier alpha value is -2.87. The van der Waals surface area contributed by atoms with Crippen molar-refractivity contribution in [3.05, 3.63) is 46.1 Å². The van der Waals surface area contributed by atoms with Crippen molar-refractivity contribution in [2.45, 2.75) is 44.6 Å². The van der Waals surface area contributed by atoms with Gasteiger partial charge in [-0.1, -0.05) is 18.9 Å². The van der Waals surface area contributed by atoms with Crippen LogP contribution in [0.25, 0.3) is 15.9 Å². The molecule has 0 radical (unpaired) electrons. The summed E-state index contributed by atoms with van der Waals surface area (Å²) in [6.07, 6.45) is 6.29. The Morgan fingerprint density at radius 1 is 1.19 bits per heavy atom. The third kappa shape index (κ3) is 3.99. The second-order valence-electron chi connectivity index (χ2n) is 8.66. The zero-order chi connectivity index (χ0) is 22.1. The van der Waals surface area contributed by atoms with Gasteiger partial charge in [-0.25, -0.2) is 9.55 Å². The maximum Gasteiger partial charge on any atom is 0.277 e. The quantitative estimate of drug-likeness (QED) is 0.638. The van der Waals surface area contributed by atoms with Crippen LogP contribution in [0.1, 0.15) is 38.5 Å². The summed E-state index contributed by atoms with van der Waals surface area (Å²) in [4.78, 5) is 33.4. The predicted molar refractivity (Wildman–Crippen MR) is 127 cm³/mol. The molecule has 2 fully saturated rings. The summed E-state index contributed by atoms with van der Waals surface area (Å²) < 4.78 is 7.68. The van der Waals surface area contributed by atoms with Crippen molar-refractivity contribution in [3.63, 3.8) is 0 Å². The van der Waals surface area contributed by atoms with Crippen molar-refractivity contribution < 1.29 is 9.53 Å². The minimum absolute atomic E-state index is 0.0919. The Morgan fingerprint density at radius 3 is 2.84 bits per heavy atom. The summed E-state index contributed by atoms with van der Waals surface area (Å²) in [5.74, 6) is 1.30. The molecule has 0 unspecified atom stereocenters. The number of aromatic nitrogens is 2. The van der Waals surface area contributed by atoms with Gasteiger partial charge in [-0.05, 0) is 49.3 Å². The highest BCUT2D eigenvalue weighted by atomic mass is 32.1. The molecule has 1 aliphatic heterocycles. The molecule has 3 heterocycles. The number of thiophene rings is 1. The number of nitrogens with one attached hydrogen (secondary N) is 1. The highest BCUT2D eigenvalue weighted by Crippen LogP contribution is 2.28. The number of carbonyl (C=O) groups excluding carboxylic acids is 1. The molecule has 7 nitrogen and oxygen atoms in total. The fourth-order valence-corrected chi connectivity index (χ4v) is 5.62. The molecule has 2 aliphatic rings. The fourth-order valence-electron chi connectivity index (χ4n) is 4.86. The second-order valence-corrected chi connectivity index (χ2v) is 9.58. The third-order valence-electron chi connectivity index (χ3n) is 6.55. The monoisotopic (exact) mass is 452 g/mol. The Balaban J connectivity index is 1.51. The van der Waals surface area contributed by atoms with Gasteiger partial charge in [0.2, 0.25) is 11.9 Å². The van der Waals surface area contributed by atoms with Gasteiger partial charge in [0.05, 0.1) is 24.2 Å². The van der Waals surface area contributed by atoms with E-state index in [-0.39, 0.29) is 17.4 Å². The summed E-state index contributed by atoms with van der Waals surface area (Å²) in [5.41, 5.74) is 1.32. The number of carbonyl (C=O) groups is 1. The number of piperidine rings is 1. The summed E-state index contributed by atoms with van der Waals surface area (Å²) in [6.45, 7) is 1.32. The molecule has 3 aromatic rings. The van der Waals surface area contributed by atoms with E-state index in [2.05, 4.69) is 10.2 Å². The van der Waals surface area contributed by atoms with E-state index in [9.17, 15) is 9.59 Å². The molecule has 8 heteroatoms. The van der Waals surface area contributed by atoms with Gasteiger partial charge in [0.15, 0.2) is 0 Å². The SMILES string of the molecule is COc1cccc(-n2c(N3CCC[C@@H](C(=O)NC4CCCC4)C3)nc3ccsc3c2=O)c1. The zero-order valence-corrected chi connectivity index (χ0v) is 19.1. The predicted octanol–water partition coefficient (Wildman–Crippen LogP) is 3.73. The van der Waals surface area contributed by atoms with Crippen LogP contribution in [-0.4, -0.2) is 41.7 Å². The molecular formula is C24H28N4O3S. The first kappa shape index (κ1) is 21.0. The summed E-state index contributed by atoms with van der Waals surface area (Å²) in [5, 5.41) is 5.15. The molecule has 1 aliphatic carbocycles. The second kappa shape index (κ2) is 8.94. The smallest absolute Gasteiger partial charge is 0.277 e. The number of anilines is 1. The molecule has 32 heavy (non-hydrogen) atoms. The number of fused-ring (bicyclic) bond motifs is 1. The van der Waals surface area contributed by atoms with Crippen molar-refractivity contribution in [2.24, 2.45) is 5.92 Å². The molecular weight excluding hydrogens is 424 g/mol. The number of benzene rings is 1. The molecule has 0 spiro atoms. The zero-order valence-electron chi connectivity index (χ0n) is 18.3. The minimum Gasteiger partial charge on any atom is -0.497 e. The van der Waals surface area contributed by atoms with Crippen LogP contribution in [0.4, 0.5) is 5.95 Å². The van der Waals surface area contributed by atoms with Crippen LogP contribution in [0.3, 0.4) is 0 Å². The van der Waals surface area contributed by atoms with E-state index in [0.717, 1.165) is 32.2 Å². The number of hydrogen-bond acceptors (Lipinski definition) is 6. The van der Waals surface area contributed by atoms with Crippen molar-refractivity contribution >= 4 is 33.4 Å². The molecule has 0 bridgehead atoms. The van der Waals surface area contributed by atoms with E-state index in [1.165, 1.54) is 24.2 Å². The van der Waals surface area contributed by atoms with Crippen molar-refractivity contribution in [1.82, 2.24) is 14.9 Å². The van der Waals surface area contributed by atoms with Crippen LogP contribution in [-0.2, 0) is 4.79 Å². The van der Waals surface area contributed by atoms with E-state index in [4.69, 9.17) is 9.72 Å². The fraction of sp³-hybridized carbons (Fsp3) is 0.458. The average molecular weight is 453 g/mol. The standard InChI is InChI=1S/C24H28N4O3S/c1-31-19-10-4-9-18(14-19)28-23(30)21-20(11-13-32-21)26-24(28)27-12-5-6-16(15-27)22(29)25-17-7-2-3-8-17/h4,9-11,13-14,16-17H,2-3,5-8,12,15H2,1H3,(H,25,29)/t16-/m1/s1. The van der Waals surface area contributed by atoms with E-state index < -0.39 is 0 Å². The molecule has 1 saturated heterocycles. The number of hydrogen-bond donors (Lipinski definition) is 1. The molecule has 2 aromatic heterocycles. The lowest BCUT2D eigenvalue weighted by Crippen LogP contribution is -2.46. The maximum absolute atomic E-state index is 13.5. The normalized spacial score (nSPS) is 19.4. The Kier molecular flexibility index (Phi) is 5.87.